The fraction of sp³-hybridized carbons (Fsp3) is 0.429. The van der Waals surface area contributed by atoms with Gasteiger partial charge < -0.3 is 4.90 Å². The molecule has 108 valence electrons. The van der Waals surface area contributed by atoms with E-state index in [9.17, 15) is 10.1 Å². The lowest BCUT2D eigenvalue weighted by Crippen LogP contribution is -2.49. The predicted octanol–water partition coefficient (Wildman–Crippen LogP) is 1.50. The molecule has 1 atom stereocenters. The Labute approximate surface area is 122 Å². The Morgan fingerprint density at radius 3 is 2.48 bits per heavy atom. The maximum Gasteiger partial charge on any atom is 0.289 e. The van der Waals surface area contributed by atoms with Crippen LogP contribution in [0.1, 0.15) is 12.5 Å². The standard InChI is InChI=1S/C14H15N5O2/c1-11(9-15)17-4-6-18(7-5-17)13-3-2-12(10-16)14(8-13)19(20)21/h2-3,8,11H,4-7H2,1H3. The van der Waals surface area contributed by atoms with Crippen molar-refractivity contribution in [2.24, 2.45) is 0 Å². The molecule has 1 unspecified atom stereocenters. The van der Waals surface area contributed by atoms with Crippen molar-refractivity contribution in [3.8, 4) is 12.1 Å². The minimum absolute atomic E-state index is 0.0699. The Morgan fingerprint density at radius 2 is 1.95 bits per heavy atom. The third-order valence-corrected chi connectivity index (χ3v) is 3.71. The average Bonchev–Trinajstić information content (AvgIpc) is 2.53. The number of benzene rings is 1. The van der Waals surface area contributed by atoms with Gasteiger partial charge in [-0.2, -0.15) is 10.5 Å². The Morgan fingerprint density at radius 1 is 1.29 bits per heavy atom. The molecule has 0 spiro atoms. The van der Waals surface area contributed by atoms with E-state index in [1.807, 2.05) is 17.9 Å². The van der Waals surface area contributed by atoms with E-state index in [1.165, 1.54) is 12.1 Å². The molecule has 7 heteroatoms. The predicted molar refractivity (Wildman–Crippen MR) is 76.7 cm³/mol. The van der Waals surface area contributed by atoms with Gasteiger partial charge in [-0.3, -0.25) is 15.0 Å². The number of nitrogens with zero attached hydrogens (tertiary/aromatic N) is 5. The molecule has 1 saturated heterocycles. The second-order valence-corrected chi connectivity index (χ2v) is 4.90. The lowest BCUT2D eigenvalue weighted by molar-refractivity contribution is -0.385. The van der Waals surface area contributed by atoms with E-state index in [0.29, 0.717) is 13.1 Å². The van der Waals surface area contributed by atoms with Crippen LogP contribution in [0.5, 0.6) is 0 Å². The summed E-state index contributed by atoms with van der Waals surface area (Å²) in [5.74, 6) is 0. The van der Waals surface area contributed by atoms with Crippen molar-refractivity contribution in [2.75, 3.05) is 31.1 Å². The summed E-state index contributed by atoms with van der Waals surface area (Å²) in [5.41, 5.74) is 0.647. The zero-order valence-electron chi connectivity index (χ0n) is 11.7. The van der Waals surface area contributed by atoms with Gasteiger partial charge in [0.1, 0.15) is 11.6 Å². The van der Waals surface area contributed by atoms with Gasteiger partial charge >= 0.3 is 0 Å². The maximum absolute atomic E-state index is 11.0. The molecule has 21 heavy (non-hydrogen) atoms. The van der Waals surface area contributed by atoms with Gasteiger partial charge in [-0.25, -0.2) is 0 Å². The summed E-state index contributed by atoms with van der Waals surface area (Å²) < 4.78 is 0. The number of nitriles is 2. The molecule has 0 bridgehead atoms. The average molecular weight is 285 g/mol. The van der Waals surface area contributed by atoms with E-state index >= 15 is 0 Å². The summed E-state index contributed by atoms with van der Waals surface area (Å²) in [6, 6.07) is 8.58. The molecule has 1 aliphatic heterocycles. The van der Waals surface area contributed by atoms with E-state index in [2.05, 4.69) is 11.0 Å². The molecule has 1 aromatic rings. The number of rotatable bonds is 3. The highest BCUT2D eigenvalue weighted by atomic mass is 16.6. The first kappa shape index (κ1) is 14.8. The van der Waals surface area contributed by atoms with Crippen molar-refractivity contribution in [2.45, 2.75) is 13.0 Å². The fourth-order valence-electron chi connectivity index (χ4n) is 2.41. The van der Waals surface area contributed by atoms with Gasteiger partial charge in [0.2, 0.25) is 0 Å². The second-order valence-electron chi connectivity index (χ2n) is 4.90. The van der Waals surface area contributed by atoms with Crippen molar-refractivity contribution >= 4 is 11.4 Å². The van der Waals surface area contributed by atoms with Crippen molar-refractivity contribution < 1.29 is 4.92 Å². The number of nitro benzene ring substituents is 1. The molecule has 0 radical (unpaired) electrons. The molecular weight excluding hydrogens is 270 g/mol. The Bertz CT molecular complexity index is 623. The molecule has 1 aromatic carbocycles. The first-order valence-corrected chi connectivity index (χ1v) is 6.64. The number of hydrogen-bond donors (Lipinski definition) is 0. The van der Waals surface area contributed by atoms with Gasteiger partial charge in [-0.05, 0) is 19.1 Å². The van der Waals surface area contributed by atoms with Crippen LogP contribution in [0.25, 0.3) is 0 Å². The molecule has 0 N–H and O–H groups in total. The number of anilines is 1. The summed E-state index contributed by atoms with van der Waals surface area (Å²) in [5, 5.41) is 28.8. The second kappa shape index (κ2) is 6.21. The zero-order chi connectivity index (χ0) is 15.4. The Kier molecular flexibility index (Phi) is 4.36. The number of nitro groups is 1. The first-order valence-electron chi connectivity index (χ1n) is 6.64. The highest BCUT2D eigenvalue weighted by Crippen LogP contribution is 2.26. The highest BCUT2D eigenvalue weighted by Gasteiger charge is 2.23. The lowest BCUT2D eigenvalue weighted by Gasteiger charge is -2.37. The van der Waals surface area contributed by atoms with Crippen molar-refractivity contribution in [1.29, 1.82) is 10.5 Å². The Hall–Kier alpha value is -2.64. The van der Waals surface area contributed by atoms with E-state index in [-0.39, 0.29) is 17.3 Å². The Balaban J connectivity index is 2.15. The van der Waals surface area contributed by atoms with Gasteiger partial charge in [-0.15, -0.1) is 0 Å². The van der Waals surface area contributed by atoms with E-state index in [0.717, 1.165) is 18.8 Å². The fourth-order valence-corrected chi connectivity index (χ4v) is 2.41. The van der Waals surface area contributed by atoms with Crippen LogP contribution in [-0.4, -0.2) is 42.0 Å². The first-order chi connectivity index (χ1) is 10.1. The molecule has 0 aliphatic carbocycles. The van der Waals surface area contributed by atoms with Crippen LogP contribution < -0.4 is 4.90 Å². The van der Waals surface area contributed by atoms with E-state index in [4.69, 9.17) is 10.5 Å². The van der Waals surface area contributed by atoms with Gasteiger partial charge in [-0.1, -0.05) is 0 Å². The van der Waals surface area contributed by atoms with Gasteiger partial charge in [0.05, 0.1) is 17.0 Å². The molecule has 0 aromatic heterocycles. The summed E-state index contributed by atoms with van der Waals surface area (Å²) >= 11 is 0. The normalized spacial score (nSPS) is 16.8. The third kappa shape index (κ3) is 3.10. The van der Waals surface area contributed by atoms with Crippen LogP contribution in [0.2, 0.25) is 0 Å². The molecule has 0 saturated carbocycles. The zero-order valence-corrected chi connectivity index (χ0v) is 11.7. The topological polar surface area (TPSA) is 97.2 Å². The lowest BCUT2D eigenvalue weighted by atomic mass is 10.1. The van der Waals surface area contributed by atoms with Crippen LogP contribution >= 0.6 is 0 Å². The summed E-state index contributed by atoms with van der Waals surface area (Å²) in [7, 11) is 0. The molecule has 1 fully saturated rings. The summed E-state index contributed by atoms with van der Waals surface area (Å²) in [6.45, 7) is 4.75. The smallest absolute Gasteiger partial charge is 0.289 e. The van der Waals surface area contributed by atoms with Crippen LogP contribution in [0, 0.1) is 32.8 Å². The molecule has 1 heterocycles. The van der Waals surface area contributed by atoms with Crippen molar-refractivity contribution in [3.63, 3.8) is 0 Å². The SMILES string of the molecule is CC(C#N)N1CCN(c2ccc(C#N)c([N+](=O)[O-])c2)CC1. The number of hydrogen-bond acceptors (Lipinski definition) is 6. The van der Waals surface area contributed by atoms with E-state index < -0.39 is 4.92 Å². The van der Waals surface area contributed by atoms with Gasteiger partial charge in [0.15, 0.2) is 0 Å². The van der Waals surface area contributed by atoms with Gasteiger partial charge in [0.25, 0.3) is 5.69 Å². The van der Waals surface area contributed by atoms with Crippen LogP contribution in [0.4, 0.5) is 11.4 Å². The minimum atomic E-state index is -0.532. The summed E-state index contributed by atoms with van der Waals surface area (Å²) in [4.78, 5) is 14.6. The quantitative estimate of drug-likeness (QED) is 0.616. The van der Waals surface area contributed by atoms with Crippen LogP contribution in [-0.2, 0) is 0 Å². The monoisotopic (exact) mass is 285 g/mol. The molecule has 7 nitrogen and oxygen atoms in total. The van der Waals surface area contributed by atoms with Crippen molar-refractivity contribution in [3.05, 3.63) is 33.9 Å². The molecule has 2 rings (SSSR count). The maximum atomic E-state index is 11.0. The largest absolute Gasteiger partial charge is 0.369 e. The van der Waals surface area contributed by atoms with Crippen LogP contribution in [0.15, 0.2) is 18.2 Å². The summed E-state index contributed by atoms with van der Waals surface area (Å²) in [6.07, 6.45) is 0. The van der Waals surface area contributed by atoms with Crippen LogP contribution in [0.3, 0.4) is 0 Å². The highest BCUT2D eigenvalue weighted by molar-refractivity contribution is 5.60. The van der Waals surface area contributed by atoms with Gasteiger partial charge in [0, 0.05) is 37.9 Å². The third-order valence-electron chi connectivity index (χ3n) is 3.71. The van der Waals surface area contributed by atoms with E-state index in [1.54, 1.807) is 6.07 Å². The molecular formula is C14H15N5O2. The molecule has 1 aliphatic rings. The molecule has 0 amide bonds. The minimum Gasteiger partial charge on any atom is -0.369 e. The van der Waals surface area contributed by atoms with Crippen molar-refractivity contribution in [1.82, 2.24) is 4.90 Å². The number of piperazine rings is 1.